The third-order valence-electron chi connectivity index (χ3n) is 1.50. The second-order valence-electron chi connectivity index (χ2n) is 2.12. The van der Waals surface area contributed by atoms with Gasteiger partial charge in [-0.15, -0.1) is 0 Å². The summed E-state index contributed by atoms with van der Waals surface area (Å²) in [6.07, 6.45) is 9.00. The van der Waals surface area contributed by atoms with Gasteiger partial charge >= 0.3 is 0 Å². The molecule has 1 rings (SSSR count). The van der Waals surface area contributed by atoms with Crippen molar-refractivity contribution in [2.24, 2.45) is 0 Å². The lowest BCUT2D eigenvalue weighted by molar-refractivity contribution is 0.504. The summed E-state index contributed by atoms with van der Waals surface area (Å²) in [5, 5.41) is 0. The second-order valence-corrected chi connectivity index (χ2v) is 2.12. The molecule has 1 aliphatic rings. The van der Waals surface area contributed by atoms with Gasteiger partial charge in [-0.3, -0.25) is 0 Å². The molecule has 0 bridgehead atoms. The van der Waals surface area contributed by atoms with E-state index in [0.29, 0.717) is 0 Å². The molecular weight excluding hydrogens is 128 g/mol. The van der Waals surface area contributed by atoms with Crippen molar-refractivity contribution in [2.45, 2.75) is 38.5 Å². The standard InChI is InChI=1S/C6H12.H6Si2/c1-2-4-6-5-3-1;1-2/h1-6H2;1-2H3. The third-order valence-corrected chi connectivity index (χ3v) is 1.50. The molecule has 0 heterocycles. The largest absolute Gasteiger partial charge is 0.0533 e. The molecule has 0 amide bonds. The van der Waals surface area contributed by atoms with Crippen LogP contribution >= 0.6 is 0 Å². The van der Waals surface area contributed by atoms with Crippen molar-refractivity contribution in [3.8, 4) is 0 Å². The zero-order valence-corrected chi connectivity index (χ0v) is 10.2. The Bertz CT molecular complexity index is 22.0. The summed E-state index contributed by atoms with van der Waals surface area (Å²) in [5.41, 5.74) is 0. The fraction of sp³-hybridized carbons (Fsp3) is 1.00. The van der Waals surface area contributed by atoms with Crippen LogP contribution < -0.4 is 0 Å². The van der Waals surface area contributed by atoms with Gasteiger partial charge in [-0.25, -0.2) is 0 Å². The molecule has 0 aromatic carbocycles. The van der Waals surface area contributed by atoms with Gasteiger partial charge in [0.2, 0.25) is 0 Å². The third kappa shape index (κ3) is 4.59. The van der Waals surface area contributed by atoms with Gasteiger partial charge in [0.25, 0.3) is 0 Å². The van der Waals surface area contributed by atoms with Crippen molar-refractivity contribution in [2.75, 3.05) is 0 Å². The average Bonchev–Trinajstić information content (AvgIpc) is 1.96. The zero-order valence-electron chi connectivity index (χ0n) is 6.24. The van der Waals surface area contributed by atoms with Gasteiger partial charge in [0, 0.05) is 0 Å². The normalized spacial score (nSPS) is 19.5. The summed E-state index contributed by atoms with van der Waals surface area (Å²) in [6.45, 7) is 0. The average molecular weight is 146 g/mol. The molecule has 0 spiro atoms. The van der Waals surface area contributed by atoms with Crippen LogP contribution in [0.5, 0.6) is 0 Å². The molecule has 1 fully saturated rings. The zero-order chi connectivity index (χ0) is 6.24. The molecule has 50 valence electrons. The van der Waals surface area contributed by atoms with E-state index in [9.17, 15) is 0 Å². The Morgan fingerprint density at radius 1 is 0.500 bits per heavy atom. The van der Waals surface area contributed by atoms with Crippen molar-refractivity contribution < 1.29 is 0 Å². The Morgan fingerprint density at radius 3 is 0.750 bits per heavy atom. The van der Waals surface area contributed by atoms with Gasteiger partial charge in [-0.05, 0) is 19.5 Å². The van der Waals surface area contributed by atoms with Crippen LogP contribution in [0.2, 0.25) is 0 Å². The van der Waals surface area contributed by atoms with Gasteiger partial charge in [-0.2, -0.15) is 0 Å². The van der Waals surface area contributed by atoms with Crippen LogP contribution in [0.1, 0.15) is 38.5 Å². The van der Waals surface area contributed by atoms with Gasteiger partial charge in [-0.1, -0.05) is 38.5 Å². The minimum atomic E-state index is 1.44. The highest BCUT2D eigenvalue weighted by Gasteiger charge is 1.95. The molecule has 0 radical (unpaired) electrons. The van der Waals surface area contributed by atoms with Crippen LogP contribution in [0.15, 0.2) is 0 Å². The molecule has 0 N–H and O–H groups in total. The minimum Gasteiger partial charge on any atom is -0.0533 e. The molecule has 0 aromatic rings. The summed E-state index contributed by atoms with van der Waals surface area (Å²) in [4.78, 5) is 0. The Balaban J connectivity index is 0.000000222. The van der Waals surface area contributed by atoms with Crippen molar-refractivity contribution in [3.05, 3.63) is 0 Å². The van der Waals surface area contributed by atoms with E-state index < -0.39 is 0 Å². The summed E-state index contributed by atoms with van der Waals surface area (Å²) in [7, 11) is 2.89. The lowest BCUT2D eigenvalue weighted by Crippen LogP contribution is -1.85. The van der Waals surface area contributed by atoms with Crippen LogP contribution in [-0.2, 0) is 0 Å². The van der Waals surface area contributed by atoms with E-state index in [1.165, 1.54) is 58.0 Å². The monoisotopic (exact) mass is 146 g/mol. The fourth-order valence-electron chi connectivity index (χ4n) is 1.06. The first kappa shape index (κ1) is 8.43. The lowest BCUT2D eigenvalue weighted by Gasteiger charge is -2.05. The summed E-state index contributed by atoms with van der Waals surface area (Å²) >= 11 is 0. The molecule has 1 aliphatic carbocycles. The number of rotatable bonds is 0. The van der Waals surface area contributed by atoms with Crippen molar-refractivity contribution in [1.82, 2.24) is 0 Å². The highest BCUT2D eigenvalue weighted by atomic mass is 29.1. The van der Waals surface area contributed by atoms with Crippen LogP contribution in [0.4, 0.5) is 0 Å². The van der Waals surface area contributed by atoms with Crippen LogP contribution in [0, 0.1) is 0 Å². The van der Waals surface area contributed by atoms with E-state index in [-0.39, 0.29) is 0 Å². The van der Waals surface area contributed by atoms with E-state index >= 15 is 0 Å². The number of hydrogen-bond acceptors (Lipinski definition) is 0. The second kappa shape index (κ2) is 7.43. The predicted molar refractivity (Wildman–Crippen MR) is 47.6 cm³/mol. The Labute approximate surface area is 58.7 Å². The molecule has 0 nitrogen and oxygen atoms in total. The van der Waals surface area contributed by atoms with Gasteiger partial charge in [0.1, 0.15) is 0 Å². The molecule has 0 saturated heterocycles. The summed E-state index contributed by atoms with van der Waals surface area (Å²) < 4.78 is 0. The first-order chi connectivity index (χ1) is 4.00. The van der Waals surface area contributed by atoms with Crippen LogP contribution in [0.25, 0.3) is 0 Å². The van der Waals surface area contributed by atoms with E-state index in [4.69, 9.17) is 0 Å². The summed E-state index contributed by atoms with van der Waals surface area (Å²) in [5.74, 6) is 0. The molecule has 0 atom stereocenters. The molecule has 1 saturated carbocycles. The molecular formula is C6H18Si2. The quantitative estimate of drug-likeness (QED) is 0.421. The van der Waals surface area contributed by atoms with Gasteiger partial charge in [0.15, 0.2) is 0 Å². The van der Waals surface area contributed by atoms with E-state index in [2.05, 4.69) is 0 Å². The van der Waals surface area contributed by atoms with Crippen molar-refractivity contribution >= 4 is 19.5 Å². The summed E-state index contributed by atoms with van der Waals surface area (Å²) in [6, 6.07) is 0. The maximum atomic E-state index is 1.50. The number of hydrogen-bond donors (Lipinski definition) is 0. The Hall–Kier alpha value is 0.434. The van der Waals surface area contributed by atoms with E-state index in [1.54, 1.807) is 0 Å². The maximum absolute atomic E-state index is 1.50. The topological polar surface area (TPSA) is 0 Å². The Morgan fingerprint density at radius 2 is 0.625 bits per heavy atom. The molecule has 0 aromatic heterocycles. The van der Waals surface area contributed by atoms with Crippen molar-refractivity contribution in [3.63, 3.8) is 0 Å². The Kier molecular flexibility index (Phi) is 7.84. The highest BCUT2D eigenvalue weighted by Crippen LogP contribution is 2.15. The fourth-order valence-corrected chi connectivity index (χ4v) is 1.06. The van der Waals surface area contributed by atoms with Crippen LogP contribution in [-0.4, -0.2) is 19.5 Å². The van der Waals surface area contributed by atoms with E-state index in [1.807, 2.05) is 0 Å². The van der Waals surface area contributed by atoms with Gasteiger partial charge < -0.3 is 0 Å². The molecule has 2 heteroatoms. The van der Waals surface area contributed by atoms with E-state index in [0.717, 1.165) is 0 Å². The van der Waals surface area contributed by atoms with Crippen LogP contribution in [0.3, 0.4) is 0 Å². The smallest absolute Gasteiger partial charge is 0.0125 e. The maximum Gasteiger partial charge on any atom is -0.0125 e. The van der Waals surface area contributed by atoms with Gasteiger partial charge in [0.05, 0.1) is 0 Å². The predicted octanol–water partition coefficient (Wildman–Crippen LogP) is -0.0272. The SMILES string of the molecule is C1CCCCC1.[SiH3][SiH3]. The lowest BCUT2D eigenvalue weighted by atomic mass is 10.0. The molecule has 0 unspecified atom stereocenters. The first-order valence-electron chi connectivity index (χ1n) is 4.00. The molecule has 0 aliphatic heterocycles. The van der Waals surface area contributed by atoms with Crippen molar-refractivity contribution in [1.29, 1.82) is 0 Å². The molecule has 8 heavy (non-hydrogen) atoms. The minimum absolute atomic E-state index is 1.44. The first-order valence-corrected chi connectivity index (χ1v) is 12.0. The highest BCUT2D eigenvalue weighted by molar-refractivity contribution is 6.75.